The summed E-state index contributed by atoms with van der Waals surface area (Å²) in [5, 5.41) is 14.8. The number of aromatic nitrogens is 4. The van der Waals surface area contributed by atoms with Gasteiger partial charge in [-0.05, 0) is 29.8 Å². The summed E-state index contributed by atoms with van der Waals surface area (Å²) in [4.78, 5) is 23.8. The number of methoxy groups -OCH3 is 1. The first kappa shape index (κ1) is 17.4. The highest BCUT2D eigenvalue weighted by molar-refractivity contribution is 5.79. The van der Waals surface area contributed by atoms with Crippen molar-refractivity contribution in [3.63, 3.8) is 0 Å². The van der Waals surface area contributed by atoms with Crippen LogP contribution in [0.15, 0.2) is 61.2 Å². The lowest BCUT2D eigenvalue weighted by atomic mass is 10.2. The van der Waals surface area contributed by atoms with Gasteiger partial charge in [0.25, 0.3) is 0 Å². The van der Waals surface area contributed by atoms with Gasteiger partial charge in [0.05, 0.1) is 23.1 Å². The van der Waals surface area contributed by atoms with Gasteiger partial charge in [0, 0.05) is 6.54 Å². The molecule has 0 fully saturated rings. The number of rotatable bonds is 6. The largest absolute Gasteiger partial charge is 0.497 e. The van der Waals surface area contributed by atoms with Crippen LogP contribution < -0.4 is 10.1 Å². The number of ether oxygens (including phenoxy) is 1. The van der Waals surface area contributed by atoms with E-state index in [4.69, 9.17) is 4.74 Å². The average Bonchev–Trinajstić information content (AvgIpc) is 3.16. The van der Waals surface area contributed by atoms with Crippen LogP contribution in [-0.4, -0.2) is 31.6 Å². The third-order valence-corrected chi connectivity index (χ3v) is 4.29. The highest BCUT2D eigenvalue weighted by Crippen LogP contribution is 2.30. The molecule has 2 heterocycles. The molecule has 2 aromatic carbocycles. The molecule has 0 radical (unpaired) electrons. The van der Waals surface area contributed by atoms with Crippen molar-refractivity contribution in [3.05, 3.63) is 76.9 Å². The number of anilines is 1. The fraction of sp³-hybridized carbons (Fsp3) is 0.105. The Hall–Kier alpha value is -4.01. The molecule has 0 aliphatic heterocycles. The third-order valence-electron chi connectivity index (χ3n) is 4.29. The summed E-state index contributed by atoms with van der Waals surface area (Å²) < 4.78 is 6.73. The minimum absolute atomic E-state index is 0.142. The number of nitrogens with zero attached hydrogens (tertiary/aromatic N) is 5. The van der Waals surface area contributed by atoms with Gasteiger partial charge in [-0.2, -0.15) is 0 Å². The molecule has 2 aromatic heterocycles. The molecule has 0 amide bonds. The Morgan fingerprint density at radius 1 is 1.11 bits per heavy atom. The Kier molecular flexibility index (Phi) is 4.55. The maximum atomic E-state index is 11.8. The molecule has 0 atom stereocenters. The van der Waals surface area contributed by atoms with E-state index < -0.39 is 4.92 Å². The van der Waals surface area contributed by atoms with Crippen molar-refractivity contribution in [1.82, 2.24) is 19.5 Å². The van der Waals surface area contributed by atoms with E-state index in [2.05, 4.69) is 20.3 Å². The molecule has 0 spiro atoms. The van der Waals surface area contributed by atoms with E-state index >= 15 is 0 Å². The van der Waals surface area contributed by atoms with E-state index in [1.54, 1.807) is 11.7 Å². The quantitative estimate of drug-likeness (QED) is 0.406. The number of benzene rings is 2. The van der Waals surface area contributed by atoms with Gasteiger partial charge in [0.15, 0.2) is 0 Å². The predicted molar refractivity (Wildman–Crippen MR) is 104 cm³/mol. The van der Waals surface area contributed by atoms with E-state index in [1.165, 1.54) is 12.7 Å². The fourth-order valence-corrected chi connectivity index (χ4v) is 2.90. The van der Waals surface area contributed by atoms with E-state index in [-0.39, 0.29) is 17.3 Å². The van der Waals surface area contributed by atoms with E-state index in [0.717, 1.165) is 22.3 Å². The van der Waals surface area contributed by atoms with E-state index in [0.29, 0.717) is 6.54 Å². The smallest absolute Gasteiger partial charge is 0.354 e. The van der Waals surface area contributed by atoms with Gasteiger partial charge in [-0.25, -0.2) is 15.0 Å². The maximum absolute atomic E-state index is 11.8. The molecule has 0 unspecified atom stereocenters. The number of hydrogen-bond donors (Lipinski definition) is 1. The van der Waals surface area contributed by atoms with Crippen LogP contribution in [0.3, 0.4) is 0 Å². The first-order valence-electron chi connectivity index (χ1n) is 8.46. The van der Waals surface area contributed by atoms with Crippen molar-refractivity contribution in [2.45, 2.75) is 6.54 Å². The fourth-order valence-electron chi connectivity index (χ4n) is 2.90. The number of nitrogens with one attached hydrogen (secondary N) is 1. The lowest BCUT2D eigenvalue weighted by Gasteiger charge is -2.10. The van der Waals surface area contributed by atoms with Crippen LogP contribution >= 0.6 is 0 Å². The standard InChI is InChI=1S/C19H16N6O3/c1-28-14-8-6-13(7-9-14)10-20-18-17(25(26)27)19(22-11-21-18)24-12-23-15-4-2-3-5-16(15)24/h2-9,11-12H,10H2,1H3,(H,20,21,22). The molecule has 1 N–H and O–H groups in total. The molecule has 28 heavy (non-hydrogen) atoms. The molecule has 0 saturated carbocycles. The SMILES string of the molecule is COc1ccc(CNc2ncnc(-n3cnc4ccccc43)c2[N+](=O)[O-])cc1. The van der Waals surface area contributed by atoms with Gasteiger partial charge in [0.1, 0.15) is 18.4 Å². The second kappa shape index (κ2) is 7.31. The number of para-hydroxylation sites is 2. The molecule has 4 rings (SSSR count). The number of nitro groups is 1. The van der Waals surface area contributed by atoms with Crippen LogP contribution in [0.1, 0.15) is 5.56 Å². The zero-order chi connectivity index (χ0) is 19.5. The monoisotopic (exact) mass is 376 g/mol. The Morgan fingerprint density at radius 3 is 2.64 bits per heavy atom. The molecular formula is C19H16N6O3. The van der Waals surface area contributed by atoms with Crippen LogP contribution in [0.4, 0.5) is 11.5 Å². The summed E-state index contributed by atoms with van der Waals surface area (Å²) in [7, 11) is 1.60. The molecule has 0 saturated heterocycles. The Balaban J connectivity index is 1.70. The van der Waals surface area contributed by atoms with Crippen LogP contribution in [0.5, 0.6) is 5.75 Å². The maximum Gasteiger partial charge on any atom is 0.354 e. The summed E-state index contributed by atoms with van der Waals surface area (Å²) in [6.45, 7) is 0.367. The van der Waals surface area contributed by atoms with Crippen molar-refractivity contribution in [2.75, 3.05) is 12.4 Å². The zero-order valence-electron chi connectivity index (χ0n) is 14.9. The summed E-state index contributed by atoms with van der Waals surface area (Å²) in [6, 6.07) is 14.8. The molecule has 9 heteroatoms. The first-order chi connectivity index (χ1) is 13.7. The van der Waals surface area contributed by atoms with Gasteiger partial charge < -0.3 is 10.1 Å². The number of fused-ring (bicyclic) bond motifs is 1. The lowest BCUT2D eigenvalue weighted by Crippen LogP contribution is -2.09. The predicted octanol–water partition coefficient (Wildman–Crippen LogP) is 3.34. The number of hydrogen-bond acceptors (Lipinski definition) is 7. The van der Waals surface area contributed by atoms with Crippen molar-refractivity contribution in [1.29, 1.82) is 0 Å². The van der Waals surface area contributed by atoms with Crippen LogP contribution in [0.25, 0.3) is 16.9 Å². The topological polar surface area (TPSA) is 108 Å². The molecule has 9 nitrogen and oxygen atoms in total. The van der Waals surface area contributed by atoms with Crippen LogP contribution in [0, 0.1) is 10.1 Å². The second-order valence-corrected chi connectivity index (χ2v) is 5.96. The van der Waals surface area contributed by atoms with Gasteiger partial charge in [-0.15, -0.1) is 0 Å². The molecule has 0 aliphatic rings. The summed E-state index contributed by atoms with van der Waals surface area (Å²) in [6.07, 6.45) is 2.82. The van der Waals surface area contributed by atoms with Gasteiger partial charge in [-0.3, -0.25) is 14.7 Å². The normalized spacial score (nSPS) is 10.8. The van der Waals surface area contributed by atoms with Crippen LogP contribution in [0.2, 0.25) is 0 Å². The van der Waals surface area contributed by atoms with Crippen LogP contribution in [-0.2, 0) is 6.54 Å². The van der Waals surface area contributed by atoms with E-state index in [9.17, 15) is 10.1 Å². The Labute approximate surface area is 159 Å². The summed E-state index contributed by atoms with van der Waals surface area (Å²) in [5.41, 5.74) is 2.18. The van der Waals surface area contributed by atoms with E-state index in [1.807, 2.05) is 48.5 Å². The molecule has 0 bridgehead atoms. The minimum Gasteiger partial charge on any atom is -0.497 e. The molecule has 4 aromatic rings. The van der Waals surface area contributed by atoms with Gasteiger partial charge in [-0.1, -0.05) is 24.3 Å². The molecule has 0 aliphatic carbocycles. The average molecular weight is 376 g/mol. The lowest BCUT2D eigenvalue weighted by molar-refractivity contribution is -0.384. The molecular weight excluding hydrogens is 360 g/mol. The van der Waals surface area contributed by atoms with Crippen molar-refractivity contribution >= 4 is 22.5 Å². The third kappa shape index (κ3) is 3.20. The Morgan fingerprint density at radius 2 is 1.89 bits per heavy atom. The van der Waals surface area contributed by atoms with Gasteiger partial charge in [0.2, 0.25) is 11.6 Å². The van der Waals surface area contributed by atoms with Gasteiger partial charge >= 0.3 is 5.69 Å². The molecule has 140 valence electrons. The zero-order valence-corrected chi connectivity index (χ0v) is 14.9. The second-order valence-electron chi connectivity index (χ2n) is 5.96. The van der Waals surface area contributed by atoms with Crippen molar-refractivity contribution in [2.24, 2.45) is 0 Å². The Bertz CT molecular complexity index is 1140. The minimum atomic E-state index is -0.486. The summed E-state index contributed by atoms with van der Waals surface area (Å²) >= 11 is 0. The van der Waals surface area contributed by atoms with Crippen molar-refractivity contribution in [3.8, 4) is 11.6 Å². The summed E-state index contributed by atoms with van der Waals surface area (Å²) in [5.74, 6) is 1.04. The highest BCUT2D eigenvalue weighted by Gasteiger charge is 2.25. The highest BCUT2D eigenvalue weighted by atomic mass is 16.6. The first-order valence-corrected chi connectivity index (χ1v) is 8.46. The number of imidazole rings is 1. The van der Waals surface area contributed by atoms with Crippen molar-refractivity contribution < 1.29 is 9.66 Å².